The third kappa shape index (κ3) is 13.6. The molecular weight excluding hydrogens is 803 g/mol. The van der Waals surface area contributed by atoms with Crippen molar-refractivity contribution in [1.29, 1.82) is 0 Å². The van der Waals surface area contributed by atoms with Gasteiger partial charge in [0, 0.05) is 48.3 Å². The zero-order valence-corrected chi connectivity index (χ0v) is 39.1. The van der Waals surface area contributed by atoms with Crippen LogP contribution < -0.4 is 10.6 Å². The van der Waals surface area contributed by atoms with Crippen molar-refractivity contribution < 1.29 is 18.4 Å². The molecule has 340 valence electrons. The average molecular weight is 871 g/mol. The van der Waals surface area contributed by atoms with E-state index in [9.17, 15) is 18.4 Å². The number of aromatic nitrogens is 4. The van der Waals surface area contributed by atoms with Crippen LogP contribution in [-0.2, 0) is 0 Å². The fourth-order valence-corrected chi connectivity index (χ4v) is 8.93. The third-order valence-electron chi connectivity index (χ3n) is 12.2. The number of hydrogen-bond donors (Lipinski definition) is 4. The van der Waals surface area contributed by atoms with E-state index < -0.39 is 0 Å². The number of H-pyrrole nitrogens is 2. The molecule has 2 aromatic carbocycles. The molecule has 0 unspecified atom stereocenters. The minimum absolute atomic E-state index is 0.0782. The Bertz CT molecular complexity index is 2200. The van der Waals surface area contributed by atoms with E-state index in [-0.39, 0.29) is 23.4 Å². The Morgan fingerprint density at radius 3 is 1.20 bits per heavy atom. The molecule has 4 N–H and O–H groups in total. The van der Waals surface area contributed by atoms with Gasteiger partial charge < -0.3 is 20.6 Å². The van der Waals surface area contributed by atoms with Crippen LogP contribution in [0.3, 0.4) is 0 Å². The summed E-state index contributed by atoms with van der Waals surface area (Å²) in [6.45, 7) is 17.3. The van der Waals surface area contributed by atoms with Crippen LogP contribution in [0.25, 0.3) is 22.5 Å². The van der Waals surface area contributed by atoms with Gasteiger partial charge in [-0.2, -0.15) is 0 Å². The van der Waals surface area contributed by atoms with Gasteiger partial charge in [0.1, 0.15) is 11.6 Å². The van der Waals surface area contributed by atoms with Crippen LogP contribution in [0.4, 0.5) is 8.78 Å². The van der Waals surface area contributed by atoms with Crippen molar-refractivity contribution in [3.63, 3.8) is 0 Å². The molecule has 4 heterocycles. The van der Waals surface area contributed by atoms with Gasteiger partial charge in [0.25, 0.3) is 11.8 Å². The number of benzene rings is 2. The number of nitrogens with zero attached hydrogens (tertiary/aromatic N) is 2. The van der Waals surface area contributed by atoms with Crippen molar-refractivity contribution in [1.82, 2.24) is 30.6 Å². The zero-order valence-electron chi connectivity index (χ0n) is 39.1. The first-order valence-corrected chi connectivity index (χ1v) is 23.3. The first-order chi connectivity index (χ1) is 31.0. The third-order valence-corrected chi connectivity index (χ3v) is 12.2. The molecule has 4 aromatic heterocycles. The zero-order chi connectivity index (χ0) is 46.2. The lowest BCUT2D eigenvalue weighted by atomic mass is 9.79. The lowest BCUT2D eigenvalue weighted by molar-refractivity contribution is 0.0935. The summed E-state index contributed by atoms with van der Waals surface area (Å²) in [6.07, 6.45) is 12.8. The lowest BCUT2D eigenvalue weighted by Crippen LogP contribution is -2.31. The Morgan fingerprint density at radius 1 is 0.531 bits per heavy atom. The van der Waals surface area contributed by atoms with E-state index in [0.717, 1.165) is 96.7 Å². The van der Waals surface area contributed by atoms with Gasteiger partial charge >= 0.3 is 0 Å². The maximum Gasteiger partial charge on any atom is 0.253 e. The molecule has 8 rings (SSSR count). The standard InChI is InChI=1S/2C25H28FN3O.2C2H6/c2*1-16-13-21(11-12-27-16)19-5-3-18(4-6-19)15-28-25(30)23-14-17(2)29-24(23)20-7-9-22(26)10-8-20;2*1-2/h2*7-14,18-19,29H,3-6,15H2,1-2H3,(H,28,30);2*1-2H3. The van der Waals surface area contributed by atoms with Crippen molar-refractivity contribution in [2.24, 2.45) is 11.8 Å². The van der Waals surface area contributed by atoms with E-state index in [0.29, 0.717) is 47.9 Å². The molecule has 2 aliphatic carbocycles. The number of carbonyl (C=O) groups excluding carboxylic acids is 2. The quantitative estimate of drug-likeness (QED) is 0.110. The van der Waals surface area contributed by atoms with Crippen molar-refractivity contribution in [3.05, 3.63) is 154 Å². The van der Waals surface area contributed by atoms with Crippen molar-refractivity contribution >= 4 is 11.8 Å². The summed E-state index contributed by atoms with van der Waals surface area (Å²) in [5.41, 5.74) is 11.0. The van der Waals surface area contributed by atoms with Crippen LogP contribution in [0.5, 0.6) is 0 Å². The fraction of sp³-hybridized carbons (Fsp3) is 0.407. The van der Waals surface area contributed by atoms with Crippen molar-refractivity contribution in [3.8, 4) is 22.5 Å². The molecule has 0 radical (unpaired) electrons. The SMILES string of the molecule is CC.CC.Cc1cc(C2CCC(CNC(=O)c3cc(C)[nH]c3-c3ccc(F)cc3)CC2)ccn1.Cc1cc(C2CCC(CNC(=O)c3cc(C)[nH]c3-c3ccc(F)cc3)CC2)ccn1. The molecular formula is C54H68F2N6O2. The molecule has 64 heavy (non-hydrogen) atoms. The Balaban J connectivity index is 0.000000224. The van der Waals surface area contributed by atoms with E-state index in [4.69, 9.17) is 0 Å². The number of nitrogens with one attached hydrogen (secondary N) is 4. The van der Waals surface area contributed by atoms with Gasteiger partial charge in [0.2, 0.25) is 0 Å². The molecule has 0 saturated heterocycles. The first kappa shape index (κ1) is 49.1. The highest BCUT2D eigenvalue weighted by molar-refractivity contribution is 6.01. The van der Waals surface area contributed by atoms with Crippen LogP contribution in [0, 0.1) is 51.2 Å². The number of hydrogen-bond acceptors (Lipinski definition) is 4. The van der Waals surface area contributed by atoms with Crippen molar-refractivity contribution in [2.45, 2.75) is 119 Å². The monoisotopic (exact) mass is 871 g/mol. The van der Waals surface area contributed by atoms with Gasteiger partial charge in [0.15, 0.2) is 0 Å². The Hall–Kier alpha value is -5.90. The summed E-state index contributed by atoms with van der Waals surface area (Å²) in [5, 5.41) is 6.25. The van der Waals surface area contributed by atoms with Crippen LogP contribution in [0.1, 0.15) is 146 Å². The van der Waals surface area contributed by atoms with Crippen LogP contribution in [-0.4, -0.2) is 44.8 Å². The maximum atomic E-state index is 13.3. The van der Waals surface area contributed by atoms with Gasteiger partial charge in [-0.15, -0.1) is 0 Å². The summed E-state index contributed by atoms with van der Waals surface area (Å²) in [7, 11) is 0. The number of carbonyl (C=O) groups is 2. The van der Waals surface area contributed by atoms with E-state index >= 15 is 0 Å². The average Bonchev–Trinajstić information content (AvgIpc) is 3.92. The second-order valence-electron chi connectivity index (χ2n) is 16.8. The first-order valence-electron chi connectivity index (χ1n) is 23.3. The summed E-state index contributed by atoms with van der Waals surface area (Å²) in [5.74, 6) is 1.46. The maximum absolute atomic E-state index is 13.3. The van der Waals surface area contributed by atoms with Crippen LogP contribution >= 0.6 is 0 Å². The normalized spacial score (nSPS) is 17.9. The lowest BCUT2D eigenvalue weighted by Gasteiger charge is -2.29. The Morgan fingerprint density at radius 2 is 0.875 bits per heavy atom. The van der Waals surface area contributed by atoms with Gasteiger partial charge in [-0.05, 0) is 210 Å². The number of rotatable bonds is 10. The molecule has 2 fully saturated rings. The molecule has 0 bridgehead atoms. The van der Waals surface area contributed by atoms with Gasteiger partial charge in [-0.1, -0.05) is 27.7 Å². The molecule has 0 aliphatic heterocycles. The molecule has 2 aliphatic rings. The highest BCUT2D eigenvalue weighted by Crippen LogP contribution is 2.37. The van der Waals surface area contributed by atoms with Crippen molar-refractivity contribution in [2.75, 3.05) is 13.1 Å². The van der Waals surface area contributed by atoms with Crippen LogP contribution in [0.2, 0.25) is 0 Å². The van der Waals surface area contributed by atoms with E-state index in [1.165, 1.54) is 35.4 Å². The number of halogens is 2. The van der Waals surface area contributed by atoms with Gasteiger partial charge in [0.05, 0.1) is 22.5 Å². The second-order valence-corrected chi connectivity index (χ2v) is 16.8. The molecule has 0 spiro atoms. The predicted octanol–water partition coefficient (Wildman–Crippen LogP) is 13.1. The number of aromatic amines is 2. The van der Waals surface area contributed by atoms with E-state index in [1.54, 1.807) is 24.3 Å². The summed E-state index contributed by atoms with van der Waals surface area (Å²) in [6, 6.07) is 24.8. The van der Waals surface area contributed by atoms with Gasteiger partial charge in [-0.25, -0.2) is 8.78 Å². The van der Waals surface area contributed by atoms with Gasteiger partial charge in [-0.3, -0.25) is 19.6 Å². The second kappa shape index (κ2) is 24.2. The Kier molecular flexibility index (Phi) is 18.6. The number of pyridine rings is 2. The smallest absolute Gasteiger partial charge is 0.253 e. The molecule has 6 aromatic rings. The highest BCUT2D eigenvalue weighted by atomic mass is 19.1. The fourth-order valence-electron chi connectivity index (χ4n) is 8.93. The Labute approximate surface area is 379 Å². The molecule has 2 amide bonds. The number of amides is 2. The minimum Gasteiger partial charge on any atom is -0.358 e. The number of aryl methyl sites for hydroxylation is 4. The molecule has 8 nitrogen and oxygen atoms in total. The minimum atomic E-state index is -0.287. The predicted molar refractivity (Wildman–Crippen MR) is 257 cm³/mol. The summed E-state index contributed by atoms with van der Waals surface area (Å²) >= 11 is 0. The van der Waals surface area contributed by atoms with E-state index in [1.807, 2.05) is 79.9 Å². The largest absolute Gasteiger partial charge is 0.358 e. The van der Waals surface area contributed by atoms with Crippen LogP contribution in [0.15, 0.2) is 97.3 Å². The molecule has 10 heteroatoms. The van der Waals surface area contributed by atoms with E-state index in [2.05, 4.69) is 54.8 Å². The topological polar surface area (TPSA) is 116 Å². The highest BCUT2D eigenvalue weighted by Gasteiger charge is 2.26. The molecule has 2 saturated carbocycles. The summed E-state index contributed by atoms with van der Waals surface area (Å²) in [4.78, 5) is 40.8. The molecule has 0 atom stereocenters. The summed E-state index contributed by atoms with van der Waals surface area (Å²) < 4.78 is 26.5.